The zero-order valence-corrected chi connectivity index (χ0v) is 29.1. The maximum atomic E-state index is 12.6. The molecule has 0 aliphatic carbocycles. The minimum Gasteiger partial charge on any atom is -0.370 e. The Morgan fingerprint density at radius 1 is 0.585 bits per heavy atom. The first kappa shape index (κ1) is 39.2. The van der Waals surface area contributed by atoms with Crippen LogP contribution in [0.15, 0.2) is 117 Å². The minimum absolute atomic E-state index is 0.00730. The first-order valence-electron chi connectivity index (χ1n) is 15.9. The molecule has 18 nitrogen and oxygen atoms in total. The van der Waals surface area contributed by atoms with Crippen LogP contribution >= 0.6 is 0 Å². The van der Waals surface area contributed by atoms with Crippen LogP contribution in [0.2, 0.25) is 0 Å². The van der Waals surface area contributed by atoms with Crippen molar-refractivity contribution in [3.63, 3.8) is 0 Å². The molecule has 0 bridgehead atoms. The standard InChI is InChI=1S/2C17H18N6O.H2O4S/c2*18-17(19)21-11-15-13-6-1-2-7-14(13)16(24)23(22-15)10-8-12-5-3-4-9-20-12;1-5(2,3)4/h2*1-7,9H,8,10-11H2,(H4,18,19,21);(H2,1,2,3,4). The number of benzene rings is 2. The van der Waals surface area contributed by atoms with Gasteiger partial charge >= 0.3 is 10.4 Å². The molecule has 6 aromatic rings. The summed E-state index contributed by atoms with van der Waals surface area (Å²) < 4.78 is 34.5. The van der Waals surface area contributed by atoms with Gasteiger partial charge < -0.3 is 22.9 Å². The first-order chi connectivity index (χ1) is 25.3. The third kappa shape index (κ3) is 12.3. The van der Waals surface area contributed by atoms with Gasteiger partial charge in [-0.15, -0.1) is 0 Å². The van der Waals surface area contributed by atoms with Crippen LogP contribution in [-0.4, -0.2) is 59.0 Å². The van der Waals surface area contributed by atoms with Crippen molar-refractivity contribution in [2.24, 2.45) is 32.9 Å². The van der Waals surface area contributed by atoms with E-state index in [4.69, 9.17) is 40.5 Å². The van der Waals surface area contributed by atoms with Crippen LogP contribution in [0.4, 0.5) is 0 Å². The molecule has 276 valence electrons. The number of aryl methyl sites for hydroxylation is 4. The molecule has 0 radical (unpaired) electrons. The Hall–Kier alpha value is -6.57. The highest BCUT2D eigenvalue weighted by atomic mass is 32.3. The minimum atomic E-state index is -4.67. The molecule has 19 heteroatoms. The van der Waals surface area contributed by atoms with Crippen molar-refractivity contribution in [3.8, 4) is 0 Å². The van der Waals surface area contributed by atoms with Gasteiger partial charge in [-0.25, -0.2) is 19.3 Å². The third-order valence-corrected chi connectivity index (χ3v) is 7.32. The molecular formula is C34H38N12O6S. The molecule has 2 aromatic carbocycles. The van der Waals surface area contributed by atoms with Crippen LogP contribution < -0.4 is 34.1 Å². The van der Waals surface area contributed by atoms with Crippen molar-refractivity contribution < 1.29 is 17.5 Å². The van der Waals surface area contributed by atoms with Crippen molar-refractivity contribution in [1.82, 2.24) is 29.5 Å². The number of fused-ring (bicyclic) bond motifs is 2. The van der Waals surface area contributed by atoms with Crippen LogP contribution in [0.1, 0.15) is 22.8 Å². The molecule has 10 N–H and O–H groups in total. The number of guanidine groups is 2. The quantitative estimate of drug-likeness (QED) is 0.0647. The van der Waals surface area contributed by atoms with E-state index in [2.05, 4.69) is 30.2 Å². The van der Waals surface area contributed by atoms with E-state index >= 15 is 0 Å². The Morgan fingerprint density at radius 2 is 0.925 bits per heavy atom. The van der Waals surface area contributed by atoms with E-state index in [9.17, 15) is 9.59 Å². The van der Waals surface area contributed by atoms with E-state index in [-0.39, 0.29) is 36.1 Å². The third-order valence-electron chi connectivity index (χ3n) is 7.32. The molecule has 53 heavy (non-hydrogen) atoms. The van der Waals surface area contributed by atoms with Gasteiger partial charge in [-0.05, 0) is 36.4 Å². The summed E-state index contributed by atoms with van der Waals surface area (Å²) in [5.41, 5.74) is 24.5. The normalized spacial score (nSPS) is 10.8. The fraction of sp³-hybridized carbons (Fsp3) is 0.176. The number of nitrogens with two attached hydrogens (primary N) is 4. The van der Waals surface area contributed by atoms with Gasteiger partial charge in [0.2, 0.25) is 0 Å². The van der Waals surface area contributed by atoms with Crippen molar-refractivity contribution >= 4 is 43.9 Å². The molecule has 0 aliphatic heterocycles. The summed E-state index contributed by atoms with van der Waals surface area (Å²) in [7, 11) is -4.67. The predicted octanol–water partition coefficient (Wildman–Crippen LogP) is 0.962. The molecule has 0 unspecified atom stereocenters. The van der Waals surface area contributed by atoms with Gasteiger partial charge in [0, 0.05) is 47.4 Å². The van der Waals surface area contributed by atoms with Gasteiger partial charge in [0.05, 0.1) is 48.3 Å². The predicted molar refractivity (Wildman–Crippen MR) is 201 cm³/mol. The molecule has 0 spiro atoms. The summed E-state index contributed by atoms with van der Waals surface area (Å²) in [5, 5.41) is 11.6. The zero-order valence-electron chi connectivity index (χ0n) is 28.3. The molecule has 6 rings (SSSR count). The second-order valence-corrected chi connectivity index (χ2v) is 12.0. The van der Waals surface area contributed by atoms with E-state index < -0.39 is 10.4 Å². The molecule has 0 amide bonds. The lowest BCUT2D eigenvalue weighted by Gasteiger charge is -2.10. The van der Waals surface area contributed by atoms with Crippen LogP contribution in [0, 0.1) is 0 Å². The Morgan fingerprint density at radius 3 is 1.25 bits per heavy atom. The van der Waals surface area contributed by atoms with E-state index in [0.717, 1.165) is 22.2 Å². The molecule has 0 aliphatic rings. The average molecular weight is 743 g/mol. The van der Waals surface area contributed by atoms with Gasteiger partial charge in [-0.2, -0.15) is 18.6 Å². The smallest absolute Gasteiger partial charge is 0.370 e. The second-order valence-electron chi connectivity index (χ2n) is 11.1. The number of hydrogen-bond acceptors (Lipinski definition) is 10. The van der Waals surface area contributed by atoms with E-state index in [1.54, 1.807) is 24.5 Å². The Bertz CT molecular complexity index is 2270. The summed E-state index contributed by atoms with van der Waals surface area (Å²) in [4.78, 5) is 41.8. The van der Waals surface area contributed by atoms with Gasteiger partial charge in [-0.1, -0.05) is 48.5 Å². The summed E-state index contributed by atoms with van der Waals surface area (Å²) >= 11 is 0. The molecule has 0 atom stereocenters. The molecule has 0 saturated heterocycles. The maximum Gasteiger partial charge on any atom is 0.394 e. The number of nitrogens with zero attached hydrogens (tertiary/aromatic N) is 8. The highest BCUT2D eigenvalue weighted by Gasteiger charge is 2.12. The molecule has 0 fully saturated rings. The van der Waals surface area contributed by atoms with Gasteiger partial charge in [0.25, 0.3) is 11.1 Å². The Kier molecular flexibility index (Phi) is 13.8. The van der Waals surface area contributed by atoms with Crippen molar-refractivity contribution in [3.05, 3.63) is 141 Å². The Labute approximate surface area is 303 Å². The number of aromatic nitrogens is 6. The van der Waals surface area contributed by atoms with E-state index in [1.807, 2.05) is 72.8 Å². The lowest BCUT2D eigenvalue weighted by molar-refractivity contribution is 0.381. The lowest BCUT2D eigenvalue weighted by atomic mass is 10.1. The maximum absolute atomic E-state index is 12.6. The average Bonchev–Trinajstić information content (AvgIpc) is 3.14. The summed E-state index contributed by atoms with van der Waals surface area (Å²) in [6, 6.07) is 26.1. The van der Waals surface area contributed by atoms with Crippen LogP contribution in [0.25, 0.3) is 21.5 Å². The van der Waals surface area contributed by atoms with E-state index in [0.29, 0.717) is 48.1 Å². The topological polar surface area (TPSA) is 299 Å². The lowest BCUT2D eigenvalue weighted by Crippen LogP contribution is -2.26. The largest absolute Gasteiger partial charge is 0.394 e. The molecule has 0 saturated carbocycles. The number of hydrogen-bond donors (Lipinski definition) is 6. The number of aliphatic imine (C=N–C) groups is 2. The van der Waals surface area contributed by atoms with Crippen molar-refractivity contribution in [2.45, 2.75) is 39.0 Å². The second kappa shape index (κ2) is 18.6. The highest BCUT2D eigenvalue weighted by molar-refractivity contribution is 7.79. The molecular weight excluding hydrogens is 705 g/mol. The summed E-state index contributed by atoms with van der Waals surface area (Å²) in [6.07, 6.45) is 4.70. The van der Waals surface area contributed by atoms with Gasteiger partial charge in [0.15, 0.2) is 11.9 Å². The molecule has 4 heterocycles. The van der Waals surface area contributed by atoms with Crippen LogP contribution in [-0.2, 0) is 49.4 Å². The first-order valence-corrected chi connectivity index (χ1v) is 17.3. The number of pyridine rings is 2. The Balaban J connectivity index is 0.000000210. The van der Waals surface area contributed by atoms with Gasteiger partial charge in [0.1, 0.15) is 0 Å². The van der Waals surface area contributed by atoms with Crippen molar-refractivity contribution in [1.29, 1.82) is 0 Å². The van der Waals surface area contributed by atoms with Crippen molar-refractivity contribution in [2.75, 3.05) is 0 Å². The van der Waals surface area contributed by atoms with Gasteiger partial charge in [-0.3, -0.25) is 28.7 Å². The van der Waals surface area contributed by atoms with E-state index in [1.165, 1.54) is 9.36 Å². The summed E-state index contributed by atoms with van der Waals surface area (Å²) in [6.45, 7) is 1.34. The fourth-order valence-electron chi connectivity index (χ4n) is 5.01. The molecule has 4 aromatic heterocycles. The number of rotatable bonds is 10. The fourth-order valence-corrected chi connectivity index (χ4v) is 5.01. The SMILES string of the molecule is NC(N)=NCc1nn(CCc2ccccn2)c(=O)c2ccccc12.NC(N)=NCc1nn(CCc2ccccn2)c(=O)c2ccccc12.O=S(=O)(O)O. The van der Waals surface area contributed by atoms with Crippen LogP contribution in [0.3, 0.4) is 0 Å². The summed E-state index contributed by atoms with van der Waals surface area (Å²) in [5.74, 6) is -0.0146. The zero-order chi connectivity index (χ0) is 38.4. The monoisotopic (exact) mass is 742 g/mol. The van der Waals surface area contributed by atoms with Crippen LogP contribution in [0.5, 0.6) is 0 Å². The highest BCUT2D eigenvalue weighted by Crippen LogP contribution is 2.15.